The number of rotatable bonds is 2. The number of aromatic nitrogens is 1. The lowest BCUT2D eigenvalue weighted by atomic mass is 10.1. The van der Waals surface area contributed by atoms with Crippen LogP contribution in [-0.2, 0) is 29.4 Å². The van der Waals surface area contributed by atoms with E-state index in [0.29, 0.717) is 30.8 Å². The summed E-state index contributed by atoms with van der Waals surface area (Å²) in [6.07, 6.45) is -2.51. The molecule has 0 aromatic carbocycles. The maximum Gasteiger partial charge on any atom is 0.417 e. The first-order valence-electron chi connectivity index (χ1n) is 6.59. The Balaban J connectivity index is 1.87. The first-order chi connectivity index (χ1) is 9.78. The molecule has 5 nitrogen and oxygen atoms in total. The molecule has 0 amide bonds. The van der Waals surface area contributed by atoms with Crippen molar-refractivity contribution in [2.45, 2.75) is 25.6 Å². The Kier molecular flexibility index (Phi) is 3.45. The molecule has 1 saturated heterocycles. The summed E-state index contributed by atoms with van der Waals surface area (Å²) in [5.41, 5.74) is 0.0303. The van der Waals surface area contributed by atoms with Gasteiger partial charge >= 0.3 is 6.18 Å². The molecule has 0 unspecified atom stereocenters. The van der Waals surface area contributed by atoms with Gasteiger partial charge in [-0.2, -0.15) is 30.2 Å². The highest BCUT2D eigenvalue weighted by Crippen LogP contribution is 2.32. The van der Waals surface area contributed by atoms with Crippen molar-refractivity contribution >= 4 is 10.2 Å². The Labute approximate surface area is 120 Å². The van der Waals surface area contributed by atoms with E-state index < -0.39 is 21.9 Å². The van der Waals surface area contributed by atoms with Crippen molar-refractivity contribution in [2.24, 2.45) is 0 Å². The molecule has 0 N–H and O–H groups in total. The van der Waals surface area contributed by atoms with Gasteiger partial charge in [0.1, 0.15) is 0 Å². The Morgan fingerprint density at radius 3 is 2.43 bits per heavy atom. The van der Waals surface area contributed by atoms with Gasteiger partial charge in [0.05, 0.1) is 5.56 Å². The molecule has 0 bridgehead atoms. The van der Waals surface area contributed by atoms with Crippen LogP contribution in [-0.4, -0.2) is 41.6 Å². The van der Waals surface area contributed by atoms with Gasteiger partial charge in [-0.05, 0) is 18.1 Å². The maximum absolute atomic E-state index is 12.7. The van der Waals surface area contributed by atoms with Crippen LogP contribution in [0.15, 0.2) is 12.3 Å². The summed E-state index contributed by atoms with van der Waals surface area (Å²) in [5, 5.41) is 0. The second-order valence-corrected chi connectivity index (χ2v) is 7.10. The van der Waals surface area contributed by atoms with Gasteiger partial charge in [-0.1, -0.05) is 0 Å². The van der Waals surface area contributed by atoms with Gasteiger partial charge in [0.15, 0.2) is 0 Å². The number of nitrogens with zero attached hydrogens (tertiary/aromatic N) is 3. The minimum absolute atomic E-state index is 0.0505. The van der Waals surface area contributed by atoms with E-state index >= 15 is 0 Å². The van der Waals surface area contributed by atoms with Crippen molar-refractivity contribution in [1.29, 1.82) is 0 Å². The second-order valence-electron chi connectivity index (χ2n) is 5.17. The highest BCUT2D eigenvalue weighted by Gasteiger charge is 2.37. The van der Waals surface area contributed by atoms with Crippen LogP contribution in [0.5, 0.6) is 0 Å². The predicted octanol–water partition coefficient (Wildman–Crippen LogP) is 1.41. The Morgan fingerprint density at radius 1 is 1.14 bits per heavy atom. The minimum Gasteiger partial charge on any atom is -0.260 e. The zero-order valence-corrected chi connectivity index (χ0v) is 11.9. The summed E-state index contributed by atoms with van der Waals surface area (Å²) in [5.74, 6) is 0. The maximum atomic E-state index is 12.7. The summed E-state index contributed by atoms with van der Waals surface area (Å²) in [6, 6.07) is 1.00. The number of hydrogen-bond acceptors (Lipinski definition) is 3. The number of alkyl halides is 3. The molecule has 0 radical (unpaired) electrons. The van der Waals surface area contributed by atoms with E-state index in [2.05, 4.69) is 4.98 Å². The Bertz CT molecular complexity index is 656. The molecule has 0 spiro atoms. The zero-order valence-electron chi connectivity index (χ0n) is 11.1. The lowest BCUT2D eigenvalue weighted by molar-refractivity contribution is -0.137. The molecule has 0 aliphatic carbocycles. The third-order valence-electron chi connectivity index (χ3n) is 3.80. The quantitative estimate of drug-likeness (QED) is 0.827. The molecule has 21 heavy (non-hydrogen) atoms. The SMILES string of the molecule is O=S(=O)(N1CCC1)N1CCc2ncc(C(F)(F)F)cc2C1. The standard InChI is InChI=1S/C12H14F3N3O2S/c13-12(14,15)10-6-9-8-18(5-2-11(9)16-7-10)21(19,20)17-3-1-4-17/h6-7H,1-5,8H2. The fourth-order valence-electron chi connectivity index (χ4n) is 2.43. The minimum atomic E-state index is -4.47. The third kappa shape index (κ3) is 2.65. The van der Waals surface area contributed by atoms with Crippen LogP contribution in [0, 0.1) is 0 Å². The molecule has 116 valence electrons. The van der Waals surface area contributed by atoms with Crippen LogP contribution in [0.3, 0.4) is 0 Å². The van der Waals surface area contributed by atoms with Crippen LogP contribution in [0.4, 0.5) is 13.2 Å². The molecule has 2 aliphatic rings. The second kappa shape index (κ2) is 4.92. The van der Waals surface area contributed by atoms with Crippen LogP contribution in [0.25, 0.3) is 0 Å². The van der Waals surface area contributed by atoms with E-state index in [0.717, 1.165) is 18.7 Å². The van der Waals surface area contributed by atoms with Crippen LogP contribution < -0.4 is 0 Å². The number of pyridine rings is 1. The van der Waals surface area contributed by atoms with E-state index in [-0.39, 0.29) is 13.1 Å². The molecule has 0 atom stereocenters. The van der Waals surface area contributed by atoms with Crippen molar-refractivity contribution < 1.29 is 21.6 Å². The third-order valence-corrected chi connectivity index (χ3v) is 5.78. The molecule has 1 aromatic heterocycles. The summed E-state index contributed by atoms with van der Waals surface area (Å²) < 4.78 is 65.2. The van der Waals surface area contributed by atoms with Gasteiger partial charge in [0, 0.05) is 44.5 Å². The normalized spacial score (nSPS) is 20.9. The molecule has 2 aliphatic heterocycles. The smallest absolute Gasteiger partial charge is 0.260 e. The van der Waals surface area contributed by atoms with Gasteiger partial charge in [0.2, 0.25) is 0 Å². The van der Waals surface area contributed by atoms with Gasteiger partial charge in [-0.3, -0.25) is 4.98 Å². The molecule has 3 rings (SSSR count). The van der Waals surface area contributed by atoms with Crippen LogP contribution in [0.1, 0.15) is 23.2 Å². The fourth-order valence-corrected chi connectivity index (χ4v) is 4.10. The predicted molar refractivity (Wildman–Crippen MR) is 68.5 cm³/mol. The first-order valence-corrected chi connectivity index (χ1v) is 7.98. The highest BCUT2D eigenvalue weighted by atomic mass is 32.2. The average molecular weight is 321 g/mol. The highest BCUT2D eigenvalue weighted by molar-refractivity contribution is 7.86. The average Bonchev–Trinajstić information content (AvgIpc) is 2.33. The molecule has 0 saturated carbocycles. The topological polar surface area (TPSA) is 53.5 Å². The lowest BCUT2D eigenvalue weighted by Crippen LogP contribution is -2.51. The Morgan fingerprint density at radius 2 is 1.86 bits per heavy atom. The van der Waals surface area contributed by atoms with Gasteiger partial charge in [0.25, 0.3) is 10.2 Å². The molecule has 9 heteroatoms. The van der Waals surface area contributed by atoms with E-state index in [1.807, 2.05) is 0 Å². The van der Waals surface area contributed by atoms with Gasteiger partial charge < -0.3 is 0 Å². The zero-order chi connectivity index (χ0) is 15.3. The Hall–Kier alpha value is -1.19. The molecular formula is C12H14F3N3O2S. The molecule has 3 heterocycles. The van der Waals surface area contributed by atoms with E-state index in [4.69, 9.17) is 0 Å². The molecule has 1 fully saturated rings. The summed E-state index contributed by atoms with van der Waals surface area (Å²) >= 11 is 0. The van der Waals surface area contributed by atoms with Crippen LogP contribution >= 0.6 is 0 Å². The summed E-state index contributed by atoms with van der Waals surface area (Å²) in [4.78, 5) is 3.83. The van der Waals surface area contributed by atoms with E-state index in [1.54, 1.807) is 0 Å². The fraction of sp³-hybridized carbons (Fsp3) is 0.583. The molecule has 1 aromatic rings. The van der Waals surface area contributed by atoms with E-state index in [9.17, 15) is 21.6 Å². The number of halogens is 3. The van der Waals surface area contributed by atoms with Crippen LogP contribution in [0.2, 0.25) is 0 Å². The van der Waals surface area contributed by atoms with E-state index in [1.165, 1.54) is 8.61 Å². The number of fused-ring (bicyclic) bond motifs is 1. The molecular weight excluding hydrogens is 307 g/mol. The monoisotopic (exact) mass is 321 g/mol. The summed E-state index contributed by atoms with van der Waals surface area (Å²) in [6.45, 7) is 1.16. The first kappa shape index (κ1) is 14.7. The van der Waals surface area contributed by atoms with Crippen molar-refractivity contribution in [1.82, 2.24) is 13.6 Å². The van der Waals surface area contributed by atoms with Crippen molar-refractivity contribution in [2.75, 3.05) is 19.6 Å². The largest absolute Gasteiger partial charge is 0.417 e. The summed E-state index contributed by atoms with van der Waals surface area (Å²) in [7, 11) is -3.56. The number of hydrogen-bond donors (Lipinski definition) is 0. The van der Waals surface area contributed by atoms with Crippen molar-refractivity contribution in [3.63, 3.8) is 0 Å². The van der Waals surface area contributed by atoms with Gasteiger partial charge in [-0.25, -0.2) is 0 Å². The van der Waals surface area contributed by atoms with Crippen molar-refractivity contribution in [3.8, 4) is 0 Å². The van der Waals surface area contributed by atoms with Gasteiger partial charge in [-0.15, -0.1) is 0 Å². The lowest BCUT2D eigenvalue weighted by Gasteiger charge is -2.36. The van der Waals surface area contributed by atoms with Crippen molar-refractivity contribution in [3.05, 3.63) is 29.1 Å².